The van der Waals surface area contributed by atoms with E-state index in [9.17, 15) is 22.8 Å². The molecule has 154 valence electrons. The Hall–Kier alpha value is -1.27. The van der Waals surface area contributed by atoms with Gasteiger partial charge in [0.1, 0.15) is 0 Å². The lowest BCUT2D eigenvalue weighted by atomic mass is 9.78. The van der Waals surface area contributed by atoms with E-state index in [0.29, 0.717) is 19.4 Å². The predicted octanol–water partition coefficient (Wildman–Crippen LogP) is 4.14. The van der Waals surface area contributed by atoms with Gasteiger partial charge in [-0.05, 0) is 44.9 Å². The average Bonchev–Trinajstić information content (AvgIpc) is 2.60. The van der Waals surface area contributed by atoms with Gasteiger partial charge in [0, 0.05) is 25.9 Å². The van der Waals surface area contributed by atoms with Crippen molar-refractivity contribution in [2.24, 2.45) is 11.8 Å². The first-order valence-corrected chi connectivity index (χ1v) is 10.3. The molecule has 27 heavy (non-hydrogen) atoms. The Morgan fingerprint density at radius 3 is 2.30 bits per heavy atom. The predicted molar refractivity (Wildman–Crippen MR) is 95.9 cm³/mol. The highest BCUT2D eigenvalue weighted by Gasteiger charge is 2.46. The summed E-state index contributed by atoms with van der Waals surface area (Å²) in [6.45, 7) is 4.04. The lowest BCUT2D eigenvalue weighted by Crippen LogP contribution is -2.66. The minimum Gasteiger partial charge on any atom is -0.336 e. The van der Waals surface area contributed by atoms with Gasteiger partial charge in [-0.25, -0.2) is 0 Å². The molecule has 3 aliphatic rings. The zero-order valence-corrected chi connectivity index (χ0v) is 16.3. The zero-order valence-electron chi connectivity index (χ0n) is 16.3. The van der Waals surface area contributed by atoms with Crippen LogP contribution in [-0.2, 0) is 9.59 Å². The van der Waals surface area contributed by atoms with Gasteiger partial charge in [0.05, 0.1) is 18.0 Å². The molecule has 3 rings (SSSR count). The summed E-state index contributed by atoms with van der Waals surface area (Å²) >= 11 is 0. The van der Waals surface area contributed by atoms with Crippen LogP contribution in [0.3, 0.4) is 0 Å². The number of fused-ring (bicyclic) bond motifs is 1. The van der Waals surface area contributed by atoms with Crippen molar-refractivity contribution in [3.05, 3.63) is 0 Å². The fraction of sp³-hybridized carbons (Fsp3) is 0.900. The molecular weight excluding hydrogens is 357 g/mol. The zero-order chi connectivity index (χ0) is 19.8. The van der Waals surface area contributed by atoms with Crippen LogP contribution < -0.4 is 0 Å². The molecule has 4 unspecified atom stereocenters. The Labute approximate surface area is 159 Å². The van der Waals surface area contributed by atoms with Crippen molar-refractivity contribution in [2.75, 3.05) is 6.54 Å². The Morgan fingerprint density at radius 1 is 1.00 bits per heavy atom. The topological polar surface area (TPSA) is 40.6 Å². The first-order valence-electron chi connectivity index (χ1n) is 10.3. The first kappa shape index (κ1) is 20.5. The van der Waals surface area contributed by atoms with Gasteiger partial charge in [-0.2, -0.15) is 13.2 Å². The van der Waals surface area contributed by atoms with E-state index in [-0.39, 0.29) is 55.1 Å². The number of halogens is 3. The Balaban J connectivity index is 1.68. The fourth-order valence-corrected chi connectivity index (χ4v) is 5.58. The van der Waals surface area contributed by atoms with E-state index >= 15 is 0 Å². The molecule has 1 saturated heterocycles. The molecule has 0 aromatic heterocycles. The highest BCUT2D eigenvalue weighted by molar-refractivity contribution is 5.78. The smallest absolute Gasteiger partial charge is 0.336 e. The summed E-state index contributed by atoms with van der Waals surface area (Å²) < 4.78 is 39.2. The summed E-state index contributed by atoms with van der Waals surface area (Å²) in [4.78, 5) is 29.0. The molecule has 3 fully saturated rings. The third-order valence-electron chi connectivity index (χ3n) is 6.78. The van der Waals surface area contributed by atoms with Crippen molar-refractivity contribution in [3.8, 4) is 0 Å². The van der Waals surface area contributed by atoms with Gasteiger partial charge >= 0.3 is 6.18 Å². The highest BCUT2D eigenvalue weighted by atomic mass is 19.4. The third-order valence-corrected chi connectivity index (χ3v) is 6.78. The number of piperazine rings is 1. The summed E-state index contributed by atoms with van der Waals surface area (Å²) in [6.07, 6.45) is 1.43. The Morgan fingerprint density at radius 2 is 1.67 bits per heavy atom. The quantitative estimate of drug-likeness (QED) is 0.714. The van der Waals surface area contributed by atoms with E-state index in [1.165, 1.54) is 0 Å². The molecule has 1 aliphatic heterocycles. The maximum absolute atomic E-state index is 13.1. The van der Waals surface area contributed by atoms with E-state index in [0.717, 1.165) is 25.7 Å². The monoisotopic (exact) mass is 388 g/mol. The average molecular weight is 388 g/mol. The molecule has 1 heterocycles. The van der Waals surface area contributed by atoms with Crippen molar-refractivity contribution >= 4 is 11.8 Å². The van der Waals surface area contributed by atoms with Crippen molar-refractivity contribution in [1.29, 1.82) is 0 Å². The van der Waals surface area contributed by atoms with Gasteiger partial charge in [0.2, 0.25) is 11.8 Å². The van der Waals surface area contributed by atoms with Crippen LogP contribution in [0.1, 0.15) is 71.6 Å². The number of amides is 2. The second kappa shape index (κ2) is 8.00. The molecule has 0 radical (unpaired) electrons. The van der Waals surface area contributed by atoms with Gasteiger partial charge in [-0.1, -0.05) is 19.3 Å². The van der Waals surface area contributed by atoms with Crippen LogP contribution >= 0.6 is 0 Å². The Kier molecular flexibility index (Phi) is 6.06. The molecule has 2 amide bonds. The molecule has 0 spiro atoms. The maximum Gasteiger partial charge on any atom is 0.391 e. The third kappa shape index (κ3) is 4.43. The molecule has 4 nitrogen and oxygen atoms in total. The number of rotatable bonds is 2. The van der Waals surface area contributed by atoms with Gasteiger partial charge in [-0.3, -0.25) is 9.59 Å². The van der Waals surface area contributed by atoms with Crippen LogP contribution in [0.4, 0.5) is 13.2 Å². The van der Waals surface area contributed by atoms with E-state index in [1.807, 2.05) is 16.7 Å². The van der Waals surface area contributed by atoms with E-state index in [4.69, 9.17) is 0 Å². The van der Waals surface area contributed by atoms with Crippen LogP contribution in [0.25, 0.3) is 0 Å². The number of alkyl halides is 3. The van der Waals surface area contributed by atoms with Crippen molar-refractivity contribution in [1.82, 2.24) is 9.80 Å². The second-order valence-electron chi connectivity index (χ2n) is 8.72. The number of hydrogen-bond donors (Lipinski definition) is 0. The summed E-state index contributed by atoms with van der Waals surface area (Å²) in [5.41, 5.74) is 0. The van der Waals surface area contributed by atoms with Gasteiger partial charge in [0.15, 0.2) is 0 Å². The molecule has 0 aromatic rings. The number of hydrogen-bond acceptors (Lipinski definition) is 2. The Bertz CT molecular complexity index is 566. The van der Waals surface area contributed by atoms with Gasteiger partial charge in [-0.15, -0.1) is 0 Å². The van der Waals surface area contributed by atoms with Crippen LogP contribution in [-0.4, -0.2) is 52.5 Å². The first-order chi connectivity index (χ1) is 12.7. The van der Waals surface area contributed by atoms with Gasteiger partial charge in [0.25, 0.3) is 0 Å². The highest BCUT2D eigenvalue weighted by Crippen LogP contribution is 2.41. The fourth-order valence-electron chi connectivity index (χ4n) is 5.58. The summed E-state index contributed by atoms with van der Waals surface area (Å²) in [6, 6.07) is 0.0339. The number of carbonyl (C=O) groups excluding carboxylic acids is 2. The van der Waals surface area contributed by atoms with E-state index in [2.05, 4.69) is 0 Å². The molecule has 5 atom stereocenters. The van der Waals surface area contributed by atoms with Crippen molar-refractivity contribution < 1.29 is 22.8 Å². The van der Waals surface area contributed by atoms with Crippen molar-refractivity contribution in [3.63, 3.8) is 0 Å². The molecule has 2 saturated carbocycles. The van der Waals surface area contributed by atoms with Crippen LogP contribution in [0.15, 0.2) is 0 Å². The minimum absolute atomic E-state index is 0.0187. The SMILES string of the molecule is CC(=O)N1C2CCCCC2N(C(=O)CC2CCCC(C(F)(F)F)C2)C[C@@H]1C. The normalized spacial score (nSPS) is 34.9. The molecule has 2 aliphatic carbocycles. The molecule has 0 aromatic carbocycles. The second-order valence-corrected chi connectivity index (χ2v) is 8.72. The van der Waals surface area contributed by atoms with Gasteiger partial charge < -0.3 is 9.80 Å². The number of nitrogens with zero attached hydrogens (tertiary/aromatic N) is 2. The van der Waals surface area contributed by atoms with Crippen LogP contribution in [0, 0.1) is 11.8 Å². The molecule has 0 bridgehead atoms. The van der Waals surface area contributed by atoms with E-state index < -0.39 is 12.1 Å². The molecule has 0 N–H and O–H groups in total. The lowest BCUT2D eigenvalue weighted by Gasteiger charge is -2.53. The van der Waals surface area contributed by atoms with Crippen LogP contribution in [0.2, 0.25) is 0 Å². The molecular formula is C20H31F3N2O2. The maximum atomic E-state index is 13.1. The van der Waals surface area contributed by atoms with E-state index in [1.54, 1.807) is 6.92 Å². The summed E-state index contributed by atoms with van der Waals surface area (Å²) in [5.74, 6) is -1.41. The molecule has 7 heteroatoms. The van der Waals surface area contributed by atoms with Crippen LogP contribution in [0.5, 0.6) is 0 Å². The summed E-state index contributed by atoms with van der Waals surface area (Å²) in [7, 11) is 0. The lowest BCUT2D eigenvalue weighted by molar-refractivity contribution is -0.186. The van der Waals surface area contributed by atoms with Crippen molar-refractivity contribution in [2.45, 2.75) is 95.9 Å². The largest absolute Gasteiger partial charge is 0.391 e. The number of carbonyl (C=O) groups is 2. The summed E-state index contributed by atoms with van der Waals surface area (Å²) in [5, 5.41) is 0. The standard InChI is InChI=1S/C20H31F3N2O2/c1-13-12-24(17-8-3-4-9-18(17)25(13)14(2)26)19(27)11-15-6-5-7-16(10-15)20(21,22)23/h13,15-18H,3-12H2,1-2H3/t13-,15?,16?,17?,18?/m0/s1. The minimum atomic E-state index is -4.15.